The lowest BCUT2D eigenvalue weighted by Crippen LogP contribution is -2.55. The molecule has 0 unspecified atom stereocenters. The van der Waals surface area contributed by atoms with Crippen LogP contribution in [0.4, 0.5) is 0 Å². The molecule has 0 amide bonds. The van der Waals surface area contributed by atoms with Crippen molar-refractivity contribution >= 4 is 50.3 Å². The molecule has 1 saturated heterocycles. The topological polar surface area (TPSA) is 30.5 Å². The van der Waals surface area contributed by atoms with Gasteiger partial charge in [0.25, 0.3) is 0 Å². The van der Waals surface area contributed by atoms with Crippen molar-refractivity contribution < 1.29 is 0 Å². The lowest BCUT2D eigenvalue weighted by Gasteiger charge is -2.26. The molecule has 10 heavy (non-hydrogen) atoms. The summed E-state index contributed by atoms with van der Waals surface area (Å²) in [7, 11) is 2.55. The fourth-order valence-electron chi connectivity index (χ4n) is 0.975. The van der Waals surface area contributed by atoms with Crippen LogP contribution in [0.25, 0.3) is 0 Å². The van der Waals surface area contributed by atoms with Gasteiger partial charge in [-0.3, -0.25) is 0 Å². The SMILES string of the molecule is [SiH3]N1CN[SiH2]N([SiH3])[SiH2]N[SiH2]1. The Morgan fingerprint density at radius 1 is 1.20 bits per heavy atom. The Bertz CT molecular complexity index is 79.6. The van der Waals surface area contributed by atoms with E-state index in [1.807, 2.05) is 0 Å². The summed E-state index contributed by atoms with van der Waals surface area (Å²) in [6.07, 6.45) is 0. The van der Waals surface area contributed by atoms with Gasteiger partial charge in [0.15, 0.2) is 29.5 Å². The van der Waals surface area contributed by atoms with Gasteiger partial charge >= 0.3 is 0 Å². The Morgan fingerprint density at radius 3 is 2.80 bits per heavy atom. The van der Waals surface area contributed by atoms with E-state index < -0.39 is 0 Å². The lowest BCUT2D eigenvalue weighted by atomic mass is 11.3. The van der Waals surface area contributed by atoms with Gasteiger partial charge in [0, 0.05) is 6.67 Å². The van der Waals surface area contributed by atoms with Crippen LogP contribution < -0.4 is 9.63 Å². The third-order valence-corrected chi connectivity index (χ3v) is 10.1. The maximum absolute atomic E-state index is 3.68. The van der Waals surface area contributed by atoms with Crippen molar-refractivity contribution in [2.24, 2.45) is 0 Å². The lowest BCUT2D eigenvalue weighted by molar-refractivity contribution is 0.643. The number of rotatable bonds is 0. The van der Waals surface area contributed by atoms with Gasteiger partial charge in [-0.25, -0.2) is 0 Å². The van der Waals surface area contributed by atoms with Crippen molar-refractivity contribution in [1.29, 1.82) is 0 Å². The van der Waals surface area contributed by atoms with Crippen molar-refractivity contribution in [2.75, 3.05) is 6.67 Å². The van der Waals surface area contributed by atoms with Crippen LogP contribution in [0.2, 0.25) is 0 Å². The average molecular weight is 225 g/mol. The second-order valence-electron chi connectivity index (χ2n) is 2.84. The van der Waals surface area contributed by atoms with Gasteiger partial charge in [-0.1, -0.05) is 0 Å². The van der Waals surface area contributed by atoms with Crippen molar-refractivity contribution in [3.63, 3.8) is 0 Å². The molecule has 0 atom stereocenters. The molecule has 1 aliphatic rings. The molecule has 4 nitrogen and oxygen atoms in total. The molecule has 2 N–H and O–H groups in total. The summed E-state index contributed by atoms with van der Waals surface area (Å²) in [5, 5.41) is 0. The zero-order chi connectivity index (χ0) is 7.40. The highest BCUT2D eigenvalue weighted by molar-refractivity contribution is 6.63. The molecule has 0 aliphatic carbocycles. The second kappa shape index (κ2) is 4.73. The molecule has 0 aromatic carbocycles. The number of nitrogens with zero attached hydrogens (tertiary/aromatic N) is 2. The van der Waals surface area contributed by atoms with E-state index in [-0.39, 0.29) is 29.5 Å². The highest BCUT2D eigenvalue weighted by Crippen LogP contribution is 1.75. The minimum atomic E-state index is -0.00881. The zero-order valence-corrected chi connectivity index (χ0v) is 15.0. The largest absolute Gasteiger partial charge is 0.362 e. The fraction of sp³-hybridized carbons (Fsp3) is 1.00. The monoisotopic (exact) mass is 224 g/mol. The van der Waals surface area contributed by atoms with E-state index in [4.69, 9.17) is 0 Å². The second-order valence-corrected chi connectivity index (χ2v) is 16.8. The molecule has 0 aromatic heterocycles. The molecule has 9 heteroatoms. The summed E-state index contributed by atoms with van der Waals surface area (Å²) in [6.45, 7) is 1.19. The van der Waals surface area contributed by atoms with Crippen molar-refractivity contribution in [3.05, 3.63) is 0 Å². The van der Waals surface area contributed by atoms with Gasteiger partial charge in [0.1, 0.15) is 0 Å². The standard InChI is InChI=1S/CH16N4Si5/c6-4-1-2-8-5(7)10-3-9-4/h2-3H,1,8-10H2,6-7H3. The first-order valence-corrected chi connectivity index (χ1v) is 9.38. The normalized spacial score (nSPS) is 33.6. The quantitative estimate of drug-likeness (QED) is 0.401. The Kier molecular flexibility index (Phi) is 4.27. The molecule has 0 bridgehead atoms. The van der Waals surface area contributed by atoms with Gasteiger partial charge in [-0.05, 0) is 0 Å². The smallest absolute Gasteiger partial charge is 0.157 e. The maximum Gasteiger partial charge on any atom is 0.157 e. The summed E-state index contributed by atoms with van der Waals surface area (Å²) in [5.74, 6) is 0. The minimum absolute atomic E-state index is 0.00881. The van der Waals surface area contributed by atoms with E-state index in [2.05, 4.69) is 17.8 Å². The summed E-state index contributed by atoms with van der Waals surface area (Å²) in [5.41, 5.74) is 0. The van der Waals surface area contributed by atoms with Gasteiger partial charge in [-0.15, -0.1) is 0 Å². The van der Waals surface area contributed by atoms with Crippen LogP contribution in [0.3, 0.4) is 0 Å². The van der Waals surface area contributed by atoms with Crippen molar-refractivity contribution in [1.82, 2.24) is 17.8 Å². The van der Waals surface area contributed by atoms with Crippen LogP contribution in [-0.4, -0.2) is 65.1 Å². The highest BCUT2D eigenvalue weighted by Gasteiger charge is 2.04. The predicted octanol–water partition coefficient (Wildman–Crippen LogP) is -6.70. The molecule has 0 spiro atoms. The summed E-state index contributed by atoms with van der Waals surface area (Å²) in [6, 6.07) is 0. The number of hydrogen-bond acceptors (Lipinski definition) is 4. The van der Waals surface area contributed by atoms with Gasteiger partial charge in [-0.2, -0.15) is 0 Å². The highest BCUT2D eigenvalue weighted by atomic mass is 28.4. The van der Waals surface area contributed by atoms with Gasteiger partial charge in [0.2, 0.25) is 0 Å². The fourth-order valence-corrected chi connectivity index (χ4v) is 13.6. The molecule has 1 rings (SSSR count). The molecule has 60 valence electrons. The van der Waals surface area contributed by atoms with E-state index in [1.54, 1.807) is 0 Å². The van der Waals surface area contributed by atoms with Crippen molar-refractivity contribution in [2.45, 2.75) is 0 Å². The molecular formula is CH16N4Si5. The number of hydrogen-bond donors (Lipinski definition) is 2. The van der Waals surface area contributed by atoms with Crippen LogP contribution in [0, 0.1) is 0 Å². The molecular weight excluding hydrogens is 208 g/mol. The Labute approximate surface area is 75.1 Å². The van der Waals surface area contributed by atoms with E-state index in [0.717, 1.165) is 0 Å². The summed E-state index contributed by atoms with van der Waals surface area (Å²) >= 11 is 0. The van der Waals surface area contributed by atoms with E-state index in [9.17, 15) is 0 Å². The third-order valence-electron chi connectivity index (χ3n) is 1.53. The summed E-state index contributed by atoms with van der Waals surface area (Å²) in [4.78, 5) is 3.58. The van der Waals surface area contributed by atoms with Gasteiger partial charge in [0.05, 0.1) is 20.8 Å². The Balaban J connectivity index is 2.21. The Morgan fingerprint density at radius 2 is 2.00 bits per heavy atom. The van der Waals surface area contributed by atoms with E-state index in [0.29, 0.717) is 0 Å². The van der Waals surface area contributed by atoms with Crippen LogP contribution in [0.1, 0.15) is 0 Å². The van der Waals surface area contributed by atoms with Crippen LogP contribution in [0.5, 0.6) is 0 Å². The minimum Gasteiger partial charge on any atom is -0.362 e. The first kappa shape index (κ1) is 9.02. The molecule has 1 aliphatic heterocycles. The zero-order valence-electron chi connectivity index (χ0n) is 6.72. The third kappa shape index (κ3) is 3.35. The predicted molar refractivity (Wildman–Crippen MR) is 60.3 cm³/mol. The molecule has 1 fully saturated rings. The van der Waals surface area contributed by atoms with Crippen LogP contribution in [-0.2, 0) is 0 Å². The number of nitrogens with one attached hydrogen (secondary N) is 2. The van der Waals surface area contributed by atoms with Gasteiger partial charge < -0.3 is 17.8 Å². The average Bonchev–Trinajstić information content (AvgIpc) is 1.84. The maximum atomic E-state index is 3.68. The molecule has 1 heterocycles. The van der Waals surface area contributed by atoms with E-state index >= 15 is 0 Å². The molecule has 0 saturated carbocycles. The van der Waals surface area contributed by atoms with Crippen LogP contribution in [0.15, 0.2) is 0 Å². The molecule has 0 aromatic rings. The van der Waals surface area contributed by atoms with Crippen molar-refractivity contribution in [3.8, 4) is 0 Å². The van der Waals surface area contributed by atoms with Crippen LogP contribution >= 0.6 is 0 Å². The molecule has 0 radical (unpaired) electrons. The van der Waals surface area contributed by atoms with E-state index in [1.165, 1.54) is 27.5 Å². The summed E-state index contributed by atoms with van der Waals surface area (Å²) < 4.78 is 8.91. The first-order valence-electron chi connectivity index (χ1n) is 3.57. The first-order chi connectivity index (χ1) is 4.79. The Hall–Kier alpha value is 0.924.